The van der Waals surface area contributed by atoms with Gasteiger partial charge < -0.3 is 15.5 Å². The average Bonchev–Trinajstić information content (AvgIpc) is 3.13. The molecule has 1 rings (SSSR count). The highest BCUT2D eigenvalue weighted by molar-refractivity contribution is 5.80. The molecule has 4 nitrogen and oxygen atoms in total. The van der Waals surface area contributed by atoms with Crippen LogP contribution in [0.2, 0.25) is 0 Å². The van der Waals surface area contributed by atoms with Crippen LogP contribution in [0.25, 0.3) is 0 Å². The van der Waals surface area contributed by atoms with E-state index in [1.165, 1.54) is 12.8 Å². The molecule has 100 valence electrons. The topological polar surface area (TPSA) is 39.7 Å². The van der Waals surface area contributed by atoms with Crippen LogP contribution >= 0.6 is 0 Å². The zero-order chi connectivity index (χ0) is 12.5. The molecule has 0 aromatic carbocycles. The molecule has 0 aromatic heterocycles. The minimum absolute atomic E-state index is 0.676. The number of guanidine groups is 1. The zero-order valence-corrected chi connectivity index (χ0v) is 11.6. The first-order valence-electron chi connectivity index (χ1n) is 7.07. The van der Waals surface area contributed by atoms with E-state index in [0.29, 0.717) is 6.04 Å². The molecule has 1 saturated carbocycles. The highest BCUT2D eigenvalue weighted by Crippen LogP contribution is 2.18. The SMILES string of the molecule is CCNC(=NCCCN(CC)CC)NC1CC1. The molecule has 0 saturated heterocycles. The summed E-state index contributed by atoms with van der Waals surface area (Å²) in [6, 6.07) is 0.676. The van der Waals surface area contributed by atoms with Gasteiger partial charge in [0, 0.05) is 19.1 Å². The van der Waals surface area contributed by atoms with Crippen molar-refractivity contribution >= 4 is 5.96 Å². The lowest BCUT2D eigenvalue weighted by molar-refractivity contribution is 0.302. The van der Waals surface area contributed by atoms with Crippen LogP contribution in [-0.4, -0.2) is 49.6 Å². The monoisotopic (exact) mass is 240 g/mol. The third-order valence-corrected chi connectivity index (χ3v) is 3.06. The van der Waals surface area contributed by atoms with E-state index in [4.69, 9.17) is 0 Å². The van der Waals surface area contributed by atoms with Crippen molar-refractivity contribution in [2.45, 2.75) is 46.1 Å². The van der Waals surface area contributed by atoms with Crippen molar-refractivity contribution in [3.05, 3.63) is 0 Å². The van der Waals surface area contributed by atoms with Crippen LogP contribution < -0.4 is 10.6 Å². The van der Waals surface area contributed by atoms with E-state index >= 15 is 0 Å². The maximum Gasteiger partial charge on any atom is 0.191 e. The highest BCUT2D eigenvalue weighted by atomic mass is 15.2. The molecule has 0 amide bonds. The molecule has 17 heavy (non-hydrogen) atoms. The number of rotatable bonds is 8. The summed E-state index contributed by atoms with van der Waals surface area (Å²) in [5, 5.41) is 6.73. The van der Waals surface area contributed by atoms with Crippen molar-refractivity contribution in [3.63, 3.8) is 0 Å². The molecule has 0 atom stereocenters. The van der Waals surface area contributed by atoms with E-state index in [9.17, 15) is 0 Å². The summed E-state index contributed by atoms with van der Waals surface area (Å²) in [6.45, 7) is 11.8. The van der Waals surface area contributed by atoms with Crippen molar-refractivity contribution in [1.82, 2.24) is 15.5 Å². The van der Waals surface area contributed by atoms with Crippen LogP contribution in [0.3, 0.4) is 0 Å². The van der Waals surface area contributed by atoms with Crippen molar-refractivity contribution in [2.24, 2.45) is 4.99 Å². The Hall–Kier alpha value is -0.770. The Balaban J connectivity index is 2.17. The number of aliphatic imine (C=N–C) groups is 1. The molecule has 4 heteroatoms. The minimum atomic E-state index is 0.676. The van der Waals surface area contributed by atoms with E-state index in [2.05, 4.69) is 41.3 Å². The average molecular weight is 240 g/mol. The molecule has 2 N–H and O–H groups in total. The van der Waals surface area contributed by atoms with Gasteiger partial charge in [0.1, 0.15) is 0 Å². The van der Waals surface area contributed by atoms with E-state index in [1.807, 2.05) is 0 Å². The molecule has 0 aromatic rings. The van der Waals surface area contributed by atoms with Crippen molar-refractivity contribution < 1.29 is 0 Å². The van der Waals surface area contributed by atoms with Gasteiger partial charge >= 0.3 is 0 Å². The molecule has 1 aliphatic rings. The maximum absolute atomic E-state index is 4.60. The molecule has 0 radical (unpaired) electrons. The fourth-order valence-electron chi connectivity index (χ4n) is 1.77. The molecule has 1 fully saturated rings. The third-order valence-electron chi connectivity index (χ3n) is 3.06. The first kappa shape index (κ1) is 14.3. The summed E-state index contributed by atoms with van der Waals surface area (Å²) in [5.74, 6) is 0.995. The summed E-state index contributed by atoms with van der Waals surface area (Å²) < 4.78 is 0. The number of hydrogen-bond donors (Lipinski definition) is 2. The molecule has 0 aliphatic heterocycles. The largest absolute Gasteiger partial charge is 0.357 e. The second-order valence-electron chi connectivity index (χ2n) is 4.56. The Kier molecular flexibility index (Phi) is 7.01. The lowest BCUT2D eigenvalue weighted by Gasteiger charge is -2.17. The molecular formula is C13H28N4. The van der Waals surface area contributed by atoms with E-state index in [1.54, 1.807) is 0 Å². The summed E-state index contributed by atoms with van der Waals surface area (Å²) in [7, 11) is 0. The van der Waals surface area contributed by atoms with Crippen LogP contribution in [0.5, 0.6) is 0 Å². The molecular weight excluding hydrogens is 212 g/mol. The van der Waals surface area contributed by atoms with E-state index in [-0.39, 0.29) is 0 Å². The van der Waals surface area contributed by atoms with Gasteiger partial charge in [0.2, 0.25) is 0 Å². The Morgan fingerprint density at radius 3 is 2.47 bits per heavy atom. The van der Waals surface area contributed by atoms with Gasteiger partial charge in [-0.15, -0.1) is 0 Å². The molecule has 0 bridgehead atoms. The van der Waals surface area contributed by atoms with Crippen LogP contribution in [0.4, 0.5) is 0 Å². The predicted molar refractivity (Wildman–Crippen MR) is 74.5 cm³/mol. The lowest BCUT2D eigenvalue weighted by Crippen LogP contribution is -2.38. The fourth-order valence-corrected chi connectivity index (χ4v) is 1.77. The van der Waals surface area contributed by atoms with Gasteiger partial charge in [0.05, 0.1) is 0 Å². The summed E-state index contributed by atoms with van der Waals surface area (Å²) >= 11 is 0. The summed E-state index contributed by atoms with van der Waals surface area (Å²) in [6.07, 6.45) is 3.73. The van der Waals surface area contributed by atoms with Gasteiger partial charge in [-0.2, -0.15) is 0 Å². The smallest absolute Gasteiger partial charge is 0.191 e. The van der Waals surface area contributed by atoms with Gasteiger partial charge in [-0.05, 0) is 45.8 Å². The second kappa shape index (κ2) is 8.34. The molecule has 0 unspecified atom stereocenters. The Morgan fingerprint density at radius 2 is 1.94 bits per heavy atom. The maximum atomic E-state index is 4.60. The quantitative estimate of drug-likeness (QED) is 0.383. The van der Waals surface area contributed by atoms with Gasteiger partial charge in [-0.1, -0.05) is 13.8 Å². The number of nitrogens with one attached hydrogen (secondary N) is 2. The van der Waals surface area contributed by atoms with Gasteiger partial charge in [0.15, 0.2) is 5.96 Å². The highest BCUT2D eigenvalue weighted by Gasteiger charge is 2.21. The minimum Gasteiger partial charge on any atom is -0.357 e. The second-order valence-corrected chi connectivity index (χ2v) is 4.56. The normalized spacial score (nSPS) is 16.4. The Morgan fingerprint density at radius 1 is 1.24 bits per heavy atom. The summed E-state index contributed by atoms with van der Waals surface area (Å²) in [5.41, 5.74) is 0. The van der Waals surface area contributed by atoms with Crippen molar-refractivity contribution in [3.8, 4) is 0 Å². The Labute approximate surface area is 106 Å². The standard InChI is InChI=1S/C13H28N4/c1-4-14-13(16-12-8-9-12)15-10-7-11-17(5-2)6-3/h12H,4-11H2,1-3H3,(H2,14,15,16). The first-order valence-corrected chi connectivity index (χ1v) is 7.07. The molecule has 0 spiro atoms. The lowest BCUT2D eigenvalue weighted by atomic mass is 10.4. The van der Waals surface area contributed by atoms with Crippen LogP contribution in [0, 0.1) is 0 Å². The van der Waals surface area contributed by atoms with Gasteiger partial charge in [-0.3, -0.25) is 4.99 Å². The van der Waals surface area contributed by atoms with E-state index < -0.39 is 0 Å². The fraction of sp³-hybridized carbons (Fsp3) is 0.923. The Bertz CT molecular complexity index is 219. The van der Waals surface area contributed by atoms with E-state index in [0.717, 1.165) is 45.1 Å². The number of hydrogen-bond acceptors (Lipinski definition) is 2. The van der Waals surface area contributed by atoms with Crippen LogP contribution in [0.1, 0.15) is 40.0 Å². The third kappa shape index (κ3) is 6.51. The molecule has 0 heterocycles. The zero-order valence-electron chi connectivity index (χ0n) is 11.6. The first-order chi connectivity index (χ1) is 8.30. The summed E-state index contributed by atoms with van der Waals surface area (Å²) in [4.78, 5) is 7.04. The van der Waals surface area contributed by atoms with Crippen molar-refractivity contribution in [2.75, 3.05) is 32.7 Å². The van der Waals surface area contributed by atoms with Crippen LogP contribution in [-0.2, 0) is 0 Å². The van der Waals surface area contributed by atoms with Gasteiger partial charge in [0.25, 0.3) is 0 Å². The van der Waals surface area contributed by atoms with Gasteiger partial charge in [-0.25, -0.2) is 0 Å². The number of nitrogens with zero attached hydrogens (tertiary/aromatic N) is 2. The van der Waals surface area contributed by atoms with Crippen molar-refractivity contribution in [1.29, 1.82) is 0 Å². The predicted octanol–water partition coefficient (Wildman–Crippen LogP) is 1.44. The van der Waals surface area contributed by atoms with Crippen LogP contribution in [0.15, 0.2) is 4.99 Å². The molecule has 1 aliphatic carbocycles.